The normalized spacial score (nSPS) is 27.4. The SMILES string of the molecule is C=CCCCCCCCC[C@H]1OCC[C@@H](Cl)[C@@H]1CC. The number of hydrogen-bond donors (Lipinski definition) is 0. The van der Waals surface area contributed by atoms with Gasteiger partial charge in [0.25, 0.3) is 0 Å². The Labute approximate surface area is 124 Å². The van der Waals surface area contributed by atoms with Crippen molar-refractivity contribution in [1.82, 2.24) is 0 Å². The molecule has 0 amide bonds. The number of halogens is 1. The fraction of sp³-hybridized carbons (Fsp3) is 0.882. The summed E-state index contributed by atoms with van der Waals surface area (Å²) in [5.74, 6) is 0.572. The Bertz CT molecular complexity index is 229. The molecule has 112 valence electrons. The lowest BCUT2D eigenvalue weighted by Gasteiger charge is -2.34. The average molecular weight is 287 g/mol. The van der Waals surface area contributed by atoms with Gasteiger partial charge in [0.2, 0.25) is 0 Å². The molecule has 1 saturated heterocycles. The van der Waals surface area contributed by atoms with Gasteiger partial charge in [0, 0.05) is 17.9 Å². The maximum atomic E-state index is 6.40. The van der Waals surface area contributed by atoms with E-state index in [4.69, 9.17) is 16.3 Å². The molecule has 0 radical (unpaired) electrons. The summed E-state index contributed by atoms with van der Waals surface area (Å²) in [4.78, 5) is 0. The monoisotopic (exact) mass is 286 g/mol. The van der Waals surface area contributed by atoms with Crippen molar-refractivity contribution in [1.29, 1.82) is 0 Å². The highest BCUT2D eigenvalue weighted by Gasteiger charge is 2.30. The molecule has 0 saturated carbocycles. The molecule has 2 heteroatoms. The van der Waals surface area contributed by atoms with E-state index in [0.717, 1.165) is 19.4 Å². The van der Waals surface area contributed by atoms with E-state index in [0.29, 0.717) is 17.4 Å². The second-order valence-electron chi connectivity index (χ2n) is 5.77. The van der Waals surface area contributed by atoms with Crippen LogP contribution >= 0.6 is 11.6 Å². The second-order valence-corrected chi connectivity index (χ2v) is 6.33. The second kappa shape index (κ2) is 10.7. The minimum atomic E-state index is 0.336. The molecule has 0 spiro atoms. The quantitative estimate of drug-likeness (QED) is 0.284. The molecule has 1 rings (SSSR count). The Morgan fingerprint density at radius 3 is 2.53 bits per heavy atom. The average Bonchev–Trinajstić information content (AvgIpc) is 2.42. The largest absolute Gasteiger partial charge is 0.378 e. The van der Waals surface area contributed by atoms with Gasteiger partial charge in [-0.25, -0.2) is 0 Å². The Morgan fingerprint density at radius 1 is 1.16 bits per heavy atom. The highest BCUT2D eigenvalue weighted by Crippen LogP contribution is 2.31. The van der Waals surface area contributed by atoms with Gasteiger partial charge in [-0.1, -0.05) is 45.1 Å². The maximum Gasteiger partial charge on any atom is 0.0617 e. The first-order valence-corrected chi connectivity index (χ1v) is 8.59. The summed E-state index contributed by atoms with van der Waals surface area (Å²) < 4.78 is 5.92. The van der Waals surface area contributed by atoms with Crippen LogP contribution in [0.25, 0.3) is 0 Å². The van der Waals surface area contributed by atoms with Gasteiger partial charge in [-0.2, -0.15) is 0 Å². The molecule has 1 aliphatic rings. The van der Waals surface area contributed by atoms with Gasteiger partial charge >= 0.3 is 0 Å². The van der Waals surface area contributed by atoms with Crippen LogP contribution in [0.1, 0.15) is 71.1 Å². The zero-order valence-electron chi connectivity index (χ0n) is 12.6. The topological polar surface area (TPSA) is 9.23 Å². The van der Waals surface area contributed by atoms with Crippen molar-refractivity contribution in [3.63, 3.8) is 0 Å². The molecule has 1 nitrogen and oxygen atoms in total. The minimum absolute atomic E-state index is 0.336. The summed E-state index contributed by atoms with van der Waals surface area (Å²) in [5.41, 5.74) is 0. The smallest absolute Gasteiger partial charge is 0.0617 e. The van der Waals surface area contributed by atoms with Crippen molar-refractivity contribution in [3.05, 3.63) is 12.7 Å². The van der Waals surface area contributed by atoms with E-state index < -0.39 is 0 Å². The minimum Gasteiger partial charge on any atom is -0.378 e. The van der Waals surface area contributed by atoms with Crippen LogP contribution in [0.2, 0.25) is 0 Å². The summed E-state index contributed by atoms with van der Waals surface area (Å²) in [6, 6.07) is 0. The van der Waals surface area contributed by atoms with Crippen LogP contribution in [-0.4, -0.2) is 18.1 Å². The fourth-order valence-corrected chi connectivity index (χ4v) is 3.49. The molecule has 0 aromatic rings. The van der Waals surface area contributed by atoms with Crippen LogP contribution in [0.3, 0.4) is 0 Å². The van der Waals surface area contributed by atoms with Crippen LogP contribution in [0.15, 0.2) is 12.7 Å². The van der Waals surface area contributed by atoms with E-state index in [9.17, 15) is 0 Å². The lowest BCUT2D eigenvalue weighted by atomic mass is 9.88. The Kier molecular flexibility index (Phi) is 9.63. The first-order chi connectivity index (χ1) is 9.29. The van der Waals surface area contributed by atoms with Crippen molar-refractivity contribution in [2.45, 2.75) is 82.6 Å². The Hall–Kier alpha value is -0.0100. The highest BCUT2D eigenvalue weighted by atomic mass is 35.5. The number of unbranched alkanes of at least 4 members (excludes halogenated alkanes) is 6. The van der Waals surface area contributed by atoms with E-state index in [1.54, 1.807) is 0 Å². The third-order valence-electron chi connectivity index (χ3n) is 4.29. The summed E-state index contributed by atoms with van der Waals surface area (Å²) in [6.45, 7) is 6.85. The lowest BCUT2D eigenvalue weighted by molar-refractivity contribution is -0.0305. The van der Waals surface area contributed by atoms with E-state index >= 15 is 0 Å². The molecule has 0 N–H and O–H groups in total. The number of rotatable bonds is 10. The number of alkyl halides is 1. The number of hydrogen-bond acceptors (Lipinski definition) is 1. The van der Waals surface area contributed by atoms with E-state index in [1.807, 2.05) is 6.08 Å². The summed E-state index contributed by atoms with van der Waals surface area (Å²) in [5, 5.41) is 0.336. The Balaban J connectivity index is 2.03. The van der Waals surface area contributed by atoms with Gasteiger partial charge in [0.15, 0.2) is 0 Å². The molecule has 0 bridgehead atoms. The molecule has 19 heavy (non-hydrogen) atoms. The first kappa shape index (κ1) is 17.0. The van der Waals surface area contributed by atoms with Gasteiger partial charge in [0.1, 0.15) is 0 Å². The summed E-state index contributed by atoms with van der Waals surface area (Å²) in [7, 11) is 0. The maximum absolute atomic E-state index is 6.40. The molecule has 0 aromatic carbocycles. The van der Waals surface area contributed by atoms with Crippen LogP contribution in [0.4, 0.5) is 0 Å². The van der Waals surface area contributed by atoms with Crippen molar-refractivity contribution in [2.24, 2.45) is 5.92 Å². The molecular weight excluding hydrogens is 256 g/mol. The number of ether oxygens (including phenoxy) is 1. The zero-order chi connectivity index (χ0) is 13.9. The predicted octanol–water partition coefficient (Wildman–Crippen LogP) is 5.72. The van der Waals surface area contributed by atoms with Crippen molar-refractivity contribution >= 4 is 11.6 Å². The molecular formula is C17H31ClO. The van der Waals surface area contributed by atoms with Crippen molar-refractivity contribution in [3.8, 4) is 0 Å². The highest BCUT2D eigenvalue weighted by molar-refractivity contribution is 6.20. The van der Waals surface area contributed by atoms with Gasteiger partial charge in [-0.05, 0) is 32.1 Å². The van der Waals surface area contributed by atoms with E-state index in [2.05, 4.69) is 13.5 Å². The number of allylic oxidation sites excluding steroid dienone is 1. The van der Waals surface area contributed by atoms with Crippen LogP contribution in [0.5, 0.6) is 0 Å². The predicted molar refractivity (Wildman–Crippen MR) is 84.9 cm³/mol. The van der Waals surface area contributed by atoms with Gasteiger partial charge in [-0.15, -0.1) is 18.2 Å². The van der Waals surface area contributed by atoms with Crippen LogP contribution in [-0.2, 0) is 4.74 Å². The van der Waals surface area contributed by atoms with Gasteiger partial charge in [-0.3, -0.25) is 0 Å². The molecule has 0 aromatic heterocycles. The molecule has 1 aliphatic heterocycles. The van der Waals surface area contributed by atoms with Crippen molar-refractivity contribution < 1.29 is 4.74 Å². The van der Waals surface area contributed by atoms with E-state index in [-0.39, 0.29) is 0 Å². The molecule has 1 fully saturated rings. The molecule has 1 heterocycles. The zero-order valence-corrected chi connectivity index (χ0v) is 13.3. The fourth-order valence-electron chi connectivity index (χ4n) is 3.06. The summed E-state index contributed by atoms with van der Waals surface area (Å²) >= 11 is 6.40. The van der Waals surface area contributed by atoms with Crippen molar-refractivity contribution in [2.75, 3.05) is 6.61 Å². The first-order valence-electron chi connectivity index (χ1n) is 8.16. The van der Waals surface area contributed by atoms with Gasteiger partial charge < -0.3 is 4.74 Å². The van der Waals surface area contributed by atoms with Crippen LogP contribution in [0, 0.1) is 5.92 Å². The standard InChI is InChI=1S/C17H31ClO/c1-3-5-6-7-8-9-10-11-12-17-15(4-2)16(18)13-14-19-17/h3,15-17H,1,4-14H2,2H3/t15-,16+,17+/m0/s1. The molecule has 3 atom stereocenters. The van der Waals surface area contributed by atoms with Gasteiger partial charge in [0.05, 0.1) is 6.10 Å². The third kappa shape index (κ3) is 6.81. The molecule has 0 aliphatic carbocycles. The van der Waals surface area contributed by atoms with Crippen LogP contribution < -0.4 is 0 Å². The molecule has 0 unspecified atom stereocenters. The lowest BCUT2D eigenvalue weighted by Crippen LogP contribution is -2.36. The summed E-state index contributed by atoms with van der Waals surface area (Å²) in [6.07, 6.45) is 15.0. The van der Waals surface area contributed by atoms with E-state index in [1.165, 1.54) is 51.4 Å². The third-order valence-corrected chi connectivity index (χ3v) is 4.83. The Morgan fingerprint density at radius 2 is 1.84 bits per heavy atom.